The molecule has 8 heteroatoms. The standard InChI is InChI=1S/C24H28N4O3S/c1-3-28(4-2)32(30,31)20-11-12-23(27-13-7-8-14-27)21(16-20)24(29)26-19-15-18-9-5-6-10-22(18)25-17-19/h5-6,9-12,15-17H,3-4,7-8,13-14H2,1-2H3,(H,26,29). The van der Waals surface area contributed by atoms with Crippen molar-refractivity contribution in [3.05, 3.63) is 60.3 Å². The first kappa shape index (κ1) is 22.2. The van der Waals surface area contributed by atoms with Gasteiger partial charge >= 0.3 is 0 Å². The maximum Gasteiger partial charge on any atom is 0.257 e. The summed E-state index contributed by atoms with van der Waals surface area (Å²) in [5, 5.41) is 3.83. The van der Waals surface area contributed by atoms with Gasteiger partial charge in [-0.2, -0.15) is 4.31 Å². The molecule has 0 aliphatic carbocycles. The highest BCUT2D eigenvalue weighted by atomic mass is 32.2. The number of carbonyl (C=O) groups excluding carboxylic acids is 1. The van der Waals surface area contributed by atoms with Crippen molar-refractivity contribution < 1.29 is 13.2 Å². The molecule has 1 fully saturated rings. The summed E-state index contributed by atoms with van der Waals surface area (Å²) < 4.78 is 27.6. The zero-order valence-corrected chi connectivity index (χ0v) is 19.2. The number of carbonyl (C=O) groups is 1. The molecule has 3 aromatic rings. The molecule has 168 valence electrons. The van der Waals surface area contributed by atoms with Crippen LogP contribution in [0.2, 0.25) is 0 Å². The number of nitrogens with zero attached hydrogens (tertiary/aromatic N) is 3. The topological polar surface area (TPSA) is 82.6 Å². The zero-order chi connectivity index (χ0) is 22.7. The highest BCUT2D eigenvalue weighted by Gasteiger charge is 2.26. The molecule has 1 amide bonds. The van der Waals surface area contributed by atoms with Gasteiger partial charge in [0, 0.05) is 37.3 Å². The molecule has 2 heterocycles. The van der Waals surface area contributed by atoms with E-state index in [2.05, 4.69) is 15.2 Å². The van der Waals surface area contributed by atoms with E-state index in [-0.39, 0.29) is 10.8 Å². The van der Waals surface area contributed by atoms with Gasteiger partial charge in [0.05, 0.1) is 27.9 Å². The Hall–Kier alpha value is -2.97. The molecule has 0 atom stereocenters. The summed E-state index contributed by atoms with van der Waals surface area (Å²) in [4.78, 5) is 20.0. The number of hydrogen-bond donors (Lipinski definition) is 1. The van der Waals surface area contributed by atoms with Crippen molar-refractivity contribution in [3.8, 4) is 0 Å². The second-order valence-corrected chi connectivity index (χ2v) is 9.77. The van der Waals surface area contributed by atoms with Crippen LogP contribution >= 0.6 is 0 Å². The number of aromatic nitrogens is 1. The molecule has 4 rings (SSSR count). The van der Waals surface area contributed by atoms with E-state index in [0.717, 1.165) is 42.5 Å². The van der Waals surface area contributed by atoms with E-state index in [9.17, 15) is 13.2 Å². The maximum absolute atomic E-state index is 13.3. The van der Waals surface area contributed by atoms with Crippen LogP contribution in [0.3, 0.4) is 0 Å². The number of anilines is 2. The molecule has 1 N–H and O–H groups in total. The predicted octanol–water partition coefficient (Wildman–Crippen LogP) is 4.12. The predicted molar refractivity (Wildman–Crippen MR) is 128 cm³/mol. The Morgan fingerprint density at radius 3 is 2.50 bits per heavy atom. The minimum Gasteiger partial charge on any atom is -0.371 e. The van der Waals surface area contributed by atoms with Crippen LogP contribution in [-0.2, 0) is 10.0 Å². The Bertz CT molecular complexity index is 1230. The van der Waals surface area contributed by atoms with Crippen LogP contribution in [-0.4, -0.2) is 49.8 Å². The summed E-state index contributed by atoms with van der Waals surface area (Å²) in [5.74, 6) is -0.347. The SMILES string of the molecule is CCN(CC)S(=O)(=O)c1ccc(N2CCCC2)c(C(=O)Nc2cnc3ccccc3c2)c1. The van der Waals surface area contributed by atoms with Crippen molar-refractivity contribution in [1.82, 2.24) is 9.29 Å². The summed E-state index contributed by atoms with van der Waals surface area (Å²) in [6, 6.07) is 14.4. The molecular weight excluding hydrogens is 424 g/mol. The number of hydrogen-bond acceptors (Lipinski definition) is 5. The largest absolute Gasteiger partial charge is 0.371 e. The highest BCUT2D eigenvalue weighted by molar-refractivity contribution is 7.89. The third-order valence-corrected chi connectivity index (χ3v) is 7.90. The van der Waals surface area contributed by atoms with Crippen molar-refractivity contribution in [3.63, 3.8) is 0 Å². The first-order valence-corrected chi connectivity index (χ1v) is 12.4. The third-order valence-electron chi connectivity index (χ3n) is 5.85. The fourth-order valence-corrected chi connectivity index (χ4v) is 5.63. The van der Waals surface area contributed by atoms with E-state index in [4.69, 9.17) is 0 Å². The molecule has 2 aromatic carbocycles. The van der Waals surface area contributed by atoms with Crippen LogP contribution in [0.4, 0.5) is 11.4 Å². The molecule has 7 nitrogen and oxygen atoms in total. The van der Waals surface area contributed by atoms with Gasteiger partial charge in [-0.05, 0) is 43.2 Å². The van der Waals surface area contributed by atoms with E-state index in [1.54, 1.807) is 32.2 Å². The van der Waals surface area contributed by atoms with Crippen molar-refractivity contribution in [2.45, 2.75) is 31.6 Å². The molecule has 1 aromatic heterocycles. The Kier molecular flexibility index (Phi) is 6.43. The fourth-order valence-electron chi connectivity index (χ4n) is 4.14. The summed E-state index contributed by atoms with van der Waals surface area (Å²) >= 11 is 0. The number of sulfonamides is 1. The summed E-state index contributed by atoms with van der Waals surface area (Å²) in [6.45, 7) is 6.05. The van der Waals surface area contributed by atoms with Crippen LogP contribution in [0.1, 0.15) is 37.0 Å². The second-order valence-electron chi connectivity index (χ2n) is 7.83. The van der Waals surface area contributed by atoms with E-state index in [1.807, 2.05) is 30.3 Å². The fraction of sp³-hybridized carbons (Fsp3) is 0.333. The molecule has 0 radical (unpaired) electrons. The number of fused-ring (bicyclic) bond motifs is 1. The van der Waals surface area contributed by atoms with Gasteiger partial charge in [-0.25, -0.2) is 8.42 Å². The smallest absolute Gasteiger partial charge is 0.257 e. The van der Waals surface area contributed by atoms with Crippen LogP contribution in [0, 0.1) is 0 Å². The van der Waals surface area contributed by atoms with Crippen LogP contribution in [0.5, 0.6) is 0 Å². The normalized spacial score (nSPS) is 14.3. The van der Waals surface area contributed by atoms with E-state index < -0.39 is 10.0 Å². The van der Waals surface area contributed by atoms with Crippen LogP contribution in [0.25, 0.3) is 10.9 Å². The van der Waals surface area contributed by atoms with E-state index in [1.165, 1.54) is 10.4 Å². The number of nitrogens with one attached hydrogen (secondary N) is 1. The number of benzene rings is 2. The first-order valence-electron chi connectivity index (χ1n) is 11.0. The lowest BCUT2D eigenvalue weighted by molar-refractivity contribution is 0.102. The number of rotatable bonds is 7. The molecule has 0 unspecified atom stereocenters. The highest BCUT2D eigenvalue weighted by Crippen LogP contribution is 2.29. The van der Waals surface area contributed by atoms with Gasteiger partial charge in [0.1, 0.15) is 0 Å². The van der Waals surface area contributed by atoms with E-state index in [0.29, 0.717) is 24.3 Å². The van der Waals surface area contributed by atoms with Crippen LogP contribution < -0.4 is 10.2 Å². The minimum atomic E-state index is -3.68. The summed E-state index contributed by atoms with van der Waals surface area (Å²) in [5.41, 5.74) is 2.52. The Labute approximate surface area is 189 Å². The Morgan fingerprint density at radius 2 is 1.78 bits per heavy atom. The number of pyridine rings is 1. The van der Waals surface area contributed by atoms with E-state index >= 15 is 0 Å². The lowest BCUT2D eigenvalue weighted by Crippen LogP contribution is -2.31. The number of amides is 1. The van der Waals surface area contributed by atoms with Gasteiger partial charge in [-0.1, -0.05) is 32.0 Å². The average Bonchev–Trinajstić information content (AvgIpc) is 3.34. The summed E-state index contributed by atoms with van der Waals surface area (Å²) in [7, 11) is -3.68. The van der Waals surface area contributed by atoms with Crippen LogP contribution in [0.15, 0.2) is 59.6 Å². The van der Waals surface area contributed by atoms with Gasteiger partial charge in [-0.15, -0.1) is 0 Å². The molecule has 1 saturated heterocycles. The second kappa shape index (κ2) is 9.26. The van der Waals surface area contributed by atoms with Crippen molar-refractivity contribution in [2.75, 3.05) is 36.4 Å². The average molecular weight is 453 g/mol. The molecular formula is C24H28N4O3S. The van der Waals surface area contributed by atoms with Gasteiger partial charge in [-0.3, -0.25) is 9.78 Å². The van der Waals surface area contributed by atoms with Gasteiger partial charge < -0.3 is 10.2 Å². The lowest BCUT2D eigenvalue weighted by Gasteiger charge is -2.23. The quantitative estimate of drug-likeness (QED) is 0.583. The third kappa shape index (κ3) is 4.33. The number of para-hydroxylation sites is 1. The Morgan fingerprint density at radius 1 is 1.06 bits per heavy atom. The zero-order valence-electron chi connectivity index (χ0n) is 18.4. The van der Waals surface area contributed by atoms with Gasteiger partial charge in [0.2, 0.25) is 10.0 Å². The minimum absolute atomic E-state index is 0.130. The first-order chi connectivity index (χ1) is 15.4. The molecule has 1 aliphatic rings. The molecule has 1 aliphatic heterocycles. The summed E-state index contributed by atoms with van der Waals surface area (Å²) in [6.07, 6.45) is 3.72. The maximum atomic E-state index is 13.3. The van der Waals surface area contributed by atoms with Gasteiger partial charge in [0.15, 0.2) is 0 Å². The van der Waals surface area contributed by atoms with Crippen molar-refractivity contribution in [1.29, 1.82) is 0 Å². The van der Waals surface area contributed by atoms with Crippen molar-refractivity contribution in [2.24, 2.45) is 0 Å². The Balaban J connectivity index is 1.72. The lowest BCUT2D eigenvalue weighted by atomic mass is 10.1. The molecule has 32 heavy (non-hydrogen) atoms. The van der Waals surface area contributed by atoms with Crippen molar-refractivity contribution >= 4 is 38.2 Å². The molecule has 0 saturated carbocycles. The molecule has 0 spiro atoms. The monoisotopic (exact) mass is 452 g/mol. The molecule has 0 bridgehead atoms. The van der Waals surface area contributed by atoms with Gasteiger partial charge in [0.25, 0.3) is 5.91 Å².